The Morgan fingerprint density at radius 1 is 1.29 bits per heavy atom. The lowest BCUT2D eigenvalue weighted by Crippen LogP contribution is -2.41. The summed E-state index contributed by atoms with van der Waals surface area (Å²) in [5, 5.41) is 3.29. The van der Waals surface area contributed by atoms with Gasteiger partial charge in [0.25, 0.3) is 0 Å². The van der Waals surface area contributed by atoms with E-state index in [0.717, 1.165) is 19.0 Å². The molecule has 0 spiro atoms. The second-order valence-corrected chi connectivity index (χ2v) is 5.75. The highest BCUT2D eigenvalue weighted by molar-refractivity contribution is 5.85. The molecule has 3 nitrogen and oxygen atoms in total. The van der Waals surface area contributed by atoms with Crippen LogP contribution in [-0.4, -0.2) is 36.5 Å². The SMILES string of the molecule is CC(C)CN(C(=O)CNCC1CC1)C1CC1.Cl. The van der Waals surface area contributed by atoms with Crippen molar-refractivity contribution < 1.29 is 4.79 Å². The second-order valence-electron chi connectivity index (χ2n) is 5.75. The fourth-order valence-corrected chi connectivity index (χ4v) is 2.04. The van der Waals surface area contributed by atoms with Gasteiger partial charge in [-0.05, 0) is 44.1 Å². The molecule has 100 valence electrons. The first-order valence-corrected chi connectivity index (χ1v) is 6.67. The summed E-state index contributed by atoms with van der Waals surface area (Å²) in [5.41, 5.74) is 0. The molecule has 17 heavy (non-hydrogen) atoms. The van der Waals surface area contributed by atoms with Gasteiger partial charge in [0, 0.05) is 12.6 Å². The van der Waals surface area contributed by atoms with Crippen molar-refractivity contribution in [1.29, 1.82) is 0 Å². The maximum atomic E-state index is 12.0. The van der Waals surface area contributed by atoms with Crippen LogP contribution in [0, 0.1) is 11.8 Å². The predicted molar refractivity (Wildman–Crippen MR) is 72.4 cm³/mol. The molecule has 0 atom stereocenters. The van der Waals surface area contributed by atoms with Gasteiger partial charge < -0.3 is 10.2 Å². The number of hydrogen-bond acceptors (Lipinski definition) is 2. The monoisotopic (exact) mass is 260 g/mol. The molecule has 4 heteroatoms. The highest BCUT2D eigenvalue weighted by atomic mass is 35.5. The average Bonchev–Trinajstić information content (AvgIpc) is 3.06. The zero-order valence-electron chi connectivity index (χ0n) is 10.9. The molecule has 2 saturated carbocycles. The molecule has 0 heterocycles. The smallest absolute Gasteiger partial charge is 0.236 e. The van der Waals surface area contributed by atoms with Gasteiger partial charge in [0.1, 0.15) is 0 Å². The molecule has 1 amide bonds. The van der Waals surface area contributed by atoms with E-state index in [-0.39, 0.29) is 12.4 Å². The summed E-state index contributed by atoms with van der Waals surface area (Å²) in [7, 11) is 0. The van der Waals surface area contributed by atoms with E-state index in [0.29, 0.717) is 24.4 Å². The third-order valence-electron chi connectivity index (χ3n) is 3.28. The number of carbonyl (C=O) groups is 1. The van der Waals surface area contributed by atoms with Crippen molar-refractivity contribution in [2.24, 2.45) is 11.8 Å². The van der Waals surface area contributed by atoms with Gasteiger partial charge >= 0.3 is 0 Å². The largest absolute Gasteiger partial charge is 0.338 e. The third kappa shape index (κ3) is 5.26. The molecular formula is C13H25ClN2O. The minimum Gasteiger partial charge on any atom is -0.338 e. The van der Waals surface area contributed by atoms with Crippen LogP contribution in [0.25, 0.3) is 0 Å². The van der Waals surface area contributed by atoms with E-state index >= 15 is 0 Å². The van der Waals surface area contributed by atoms with Crippen LogP contribution in [-0.2, 0) is 4.79 Å². The van der Waals surface area contributed by atoms with E-state index in [2.05, 4.69) is 24.1 Å². The van der Waals surface area contributed by atoms with Crippen molar-refractivity contribution in [2.75, 3.05) is 19.6 Å². The molecule has 1 N–H and O–H groups in total. The zero-order chi connectivity index (χ0) is 11.5. The average molecular weight is 261 g/mol. The summed E-state index contributed by atoms with van der Waals surface area (Å²) in [6.07, 6.45) is 5.11. The summed E-state index contributed by atoms with van der Waals surface area (Å²) in [5.74, 6) is 1.73. The number of hydrogen-bond donors (Lipinski definition) is 1. The highest BCUT2D eigenvalue weighted by Gasteiger charge is 2.32. The van der Waals surface area contributed by atoms with Crippen LogP contribution >= 0.6 is 12.4 Å². The molecule has 0 aromatic rings. The molecule has 2 fully saturated rings. The molecule has 0 aliphatic heterocycles. The van der Waals surface area contributed by atoms with E-state index in [1.165, 1.54) is 25.7 Å². The topological polar surface area (TPSA) is 32.3 Å². The summed E-state index contributed by atoms with van der Waals surface area (Å²) >= 11 is 0. The minimum absolute atomic E-state index is 0. The third-order valence-corrected chi connectivity index (χ3v) is 3.28. The number of rotatable bonds is 7. The van der Waals surface area contributed by atoms with Crippen molar-refractivity contribution in [1.82, 2.24) is 10.2 Å². The number of nitrogens with one attached hydrogen (secondary N) is 1. The quantitative estimate of drug-likeness (QED) is 0.760. The molecule has 0 radical (unpaired) electrons. The molecule has 0 aromatic heterocycles. The van der Waals surface area contributed by atoms with Gasteiger partial charge in [-0.15, -0.1) is 12.4 Å². The van der Waals surface area contributed by atoms with Crippen molar-refractivity contribution in [3.05, 3.63) is 0 Å². The number of carbonyl (C=O) groups excluding carboxylic acids is 1. The maximum absolute atomic E-state index is 12.0. The number of amides is 1. The molecule has 2 aliphatic rings. The first kappa shape index (κ1) is 14.8. The van der Waals surface area contributed by atoms with Gasteiger partial charge in [0.15, 0.2) is 0 Å². The van der Waals surface area contributed by atoms with Crippen molar-refractivity contribution in [3.8, 4) is 0 Å². The molecule has 0 aromatic carbocycles. The molecule has 0 bridgehead atoms. The van der Waals surface area contributed by atoms with Crippen LogP contribution in [0.15, 0.2) is 0 Å². The zero-order valence-corrected chi connectivity index (χ0v) is 11.8. The lowest BCUT2D eigenvalue weighted by atomic mass is 10.2. The Bertz CT molecular complexity index is 250. The van der Waals surface area contributed by atoms with Crippen LogP contribution in [0.1, 0.15) is 39.5 Å². The summed E-state index contributed by atoms with van der Waals surface area (Å²) in [4.78, 5) is 14.1. The van der Waals surface area contributed by atoms with Crippen LogP contribution in [0.3, 0.4) is 0 Å². The van der Waals surface area contributed by atoms with Crippen molar-refractivity contribution >= 4 is 18.3 Å². The number of halogens is 1. The van der Waals surface area contributed by atoms with Crippen LogP contribution in [0.5, 0.6) is 0 Å². The summed E-state index contributed by atoms with van der Waals surface area (Å²) in [6, 6.07) is 0.553. The highest BCUT2D eigenvalue weighted by Crippen LogP contribution is 2.28. The fraction of sp³-hybridized carbons (Fsp3) is 0.923. The molecule has 0 saturated heterocycles. The van der Waals surface area contributed by atoms with Gasteiger partial charge in [-0.2, -0.15) is 0 Å². The maximum Gasteiger partial charge on any atom is 0.236 e. The first-order valence-electron chi connectivity index (χ1n) is 6.67. The van der Waals surface area contributed by atoms with Crippen molar-refractivity contribution in [2.45, 2.75) is 45.6 Å². The van der Waals surface area contributed by atoms with E-state index in [9.17, 15) is 4.79 Å². The van der Waals surface area contributed by atoms with Crippen LogP contribution < -0.4 is 5.32 Å². The van der Waals surface area contributed by atoms with E-state index in [1.807, 2.05) is 0 Å². The Kier molecular flexibility index (Phi) is 5.74. The summed E-state index contributed by atoms with van der Waals surface area (Å²) in [6.45, 7) is 6.86. The Morgan fingerprint density at radius 2 is 1.94 bits per heavy atom. The van der Waals surface area contributed by atoms with Crippen LogP contribution in [0.2, 0.25) is 0 Å². The van der Waals surface area contributed by atoms with Gasteiger partial charge in [0.05, 0.1) is 6.54 Å². The van der Waals surface area contributed by atoms with Gasteiger partial charge in [-0.1, -0.05) is 13.8 Å². The minimum atomic E-state index is 0. The Labute approximate surface area is 111 Å². The summed E-state index contributed by atoms with van der Waals surface area (Å²) < 4.78 is 0. The number of nitrogens with zero attached hydrogens (tertiary/aromatic N) is 1. The molecule has 2 aliphatic carbocycles. The normalized spacial score (nSPS) is 19.0. The molecule has 0 unspecified atom stereocenters. The predicted octanol–water partition coefficient (Wildman–Crippen LogP) is 2.05. The van der Waals surface area contributed by atoms with Gasteiger partial charge in [0.2, 0.25) is 5.91 Å². The first-order chi connectivity index (χ1) is 7.66. The molecular weight excluding hydrogens is 236 g/mol. The lowest BCUT2D eigenvalue weighted by molar-refractivity contribution is -0.131. The van der Waals surface area contributed by atoms with E-state index in [1.54, 1.807) is 0 Å². The Morgan fingerprint density at radius 3 is 2.41 bits per heavy atom. The van der Waals surface area contributed by atoms with E-state index in [4.69, 9.17) is 0 Å². The fourth-order valence-electron chi connectivity index (χ4n) is 2.04. The second kappa shape index (κ2) is 6.60. The Hall–Kier alpha value is -0.280. The van der Waals surface area contributed by atoms with Crippen molar-refractivity contribution in [3.63, 3.8) is 0 Å². The lowest BCUT2D eigenvalue weighted by Gasteiger charge is -2.24. The van der Waals surface area contributed by atoms with Gasteiger partial charge in [-0.25, -0.2) is 0 Å². The van der Waals surface area contributed by atoms with E-state index < -0.39 is 0 Å². The molecule has 2 rings (SSSR count). The Balaban J connectivity index is 0.00000144. The van der Waals surface area contributed by atoms with Gasteiger partial charge in [-0.3, -0.25) is 4.79 Å². The standard InChI is InChI=1S/C13H24N2O.ClH/c1-10(2)9-15(12-5-6-12)13(16)8-14-7-11-3-4-11;/h10-12,14H,3-9H2,1-2H3;1H. The van der Waals surface area contributed by atoms with Crippen LogP contribution in [0.4, 0.5) is 0 Å².